The second-order valence-electron chi connectivity index (χ2n) is 5.44. The van der Waals surface area contributed by atoms with E-state index in [0.29, 0.717) is 0 Å². The van der Waals surface area contributed by atoms with E-state index in [1.807, 2.05) is 6.07 Å². The standard InChI is InChI=1S/C19H24O.CH2O3/c1-2-3-4-5-9-16-20-19-14-12-18(13-15-19)17-10-7-6-8-11-17;2-1(3)4/h6-8,10-15H,2-5,9,16H2,1H3;(H2,2,3,4). The molecule has 2 aromatic rings. The van der Waals surface area contributed by atoms with Crippen molar-refractivity contribution in [3.63, 3.8) is 0 Å². The van der Waals surface area contributed by atoms with Crippen molar-refractivity contribution < 1.29 is 19.7 Å². The van der Waals surface area contributed by atoms with Crippen LogP contribution in [0.5, 0.6) is 5.75 Å². The Hall–Kier alpha value is -2.49. The fourth-order valence-electron chi connectivity index (χ4n) is 2.27. The molecule has 2 rings (SSSR count). The summed E-state index contributed by atoms with van der Waals surface area (Å²) in [5.41, 5.74) is 2.49. The molecule has 0 radical (unpaired) electrons. The summed E-state index contributed by atoms with van der Waals surface area (Å²) in [5.74, 6) is 0.972. The average Bonchev–Trinajstić information content (AvgIpc) is 2.59. The first-order chi connectivity index (χ1) is 11.6. The minimum Gasteiger partial charge on any atom is -0.494 e. The third-order valence-electron chi connectivity index (χ3n) is 3.48. The quantitative estimate of drug-likeness (QED) is 0.589. The van der Waals surface area contributed by atoms with Gasteiger partial charge in [-0.2, -0.15) is 0 Å². The molecule has 0 spiro atoms. The SMILES string of the molecule is CCCCCCCOc1ccc(-c2ccccc2)cc1.O=C(O)O. The van der Waals surface area contributed by atoms with Crippen LogP contribution in [0.25, 0.3) is 11.1 Å². The van der Waals surface area contributed by atoms with Crippen molar-refractivity contribution in [1.29, 1.82) is 0 Å². The fraction of sp³-hybridized carbons (Fsp3) is 0.350. The van der Waals surface area contributed by atoms with Gasteiger partial charge in [-0.15, -0.1) is 0 Å². The molecule has 0 unspecified atom stereocenters. The molecule has 24 heavy (non-hydrogen) atoms. The topological polar surface area (TPSA) is 66.8 Å². The summed E-state index contributed by atoms with van der Waals surface area (Å²) in [7, 11) is 0. The van der Waals surface area contributed by atoms with Crippen molar-refractivity contribution in [2.45, 2.75) is 39.0 Å². The Morgan fingerprint density at radius 1 is 0.833 bits per heavy atom. The van der Waals surface area contributed by atoms with Crippen LogP contribution in [0, 0.1) is 0 Å². The normalized spacial score (nSPS) is 9.71. The highest BCUT2D eigenvalue weighted by Gasteiger charge is 1.98. The molecule has 0 heterocycles. The Morgan fingerprint density at radius 3 is 1.96 bits per heavy atom. The lowest BCUT2D eigenvalue weighted by atomic mass is 10.1. The summed E-state index contributed by atoms with van der Waals surface area (Å²) in [5, 5.41) is 13.9. The van der Waals surface area contributed by atoms with E-state index in [1.165, 1.54) is 36.8 Å². The molecule has 2 N–H and O–H groups in total. The predicted molar refractivity (Wildman–Crippen MR) is 96.8 cm³/mol. The van der Waals surface area contributed by atoms with Gasteiger partial charge in [-0.05, 0) is 29.7 Å². The smallest absolute Gasteiger partial charge is 0.494 e. The van der Waals surface area contributed by atoms with E-state index in [2.05, 4.69) is 55.5 Å². The van der Waals surface area contributed by atoms with E-state index >= 15 is 0 Å². The Bertz CT molecular complexity index is 560. The maximum absolute atomic E-state index is 8.56. The van der Waals surface area contributed by atoms with Gasteiger partial charge in [-0.1, -0.05) is 75.1 Å². The predicted octanol–water partition coefficient (Wildman–Crippen LogP) is 5.93. The zero-order valence-corrected chi connectivity index (χ0v) is 14.1. The Balaban J connectivity index is 0.000000648. The molecule has 0 bridgehead atoms. The summed E-state index contributed by atoms with van der Waals surface area (Å²) in [6, 6.07) is 18.8. The first-order valence-corrected chi connectivity index (χ1v) is 8.33. The molecule has 0 aromatic heterocycles. The molecule has 4 heteroatoms. The number of benzene rings is 2. The zero-order chi connectivity index (χ0) is 17.6. The molecular formula is C20H26O4. The third-order valence-corrected chi connectivity index (χ3v) is 3.48. The van der Waals surface area contributed by atoms with Gasteiger partial charge < -0.3 is 14.9 Å². The Morgan fingerprint density at radius 2 is 1.38 bits per heavy atom. The summed E-state index contributed by atoms with van der Waals surface area (Å²) in [6.07, 6.45) is 4.55. The summed E-state index contributed by atoms with van der Waals surface area (Å²) >= 11 is 0. The number of carboxylic acid groups (broad SMARTS) is 2. The van der Waals surface area contributed by atoms with Gasteiger partial charge in [0.25, 0.3) is 0 Å². The second-order valence-corrected chi connectivity index (χ2v) is 5.44. The van der Waals surface area contributed by atoms with E-state index in [0.717, 1.165) is 18.8 Å². The van der Waals surface area contributed by atoms with Crippen molar-refractivity contribution in [1.82, 2.24) is 0 Å². The molecule has 0 amide bonds. The van der Waals surface area contributed by atoms with Crippen LogP contribution < -0.4 is 4.74 Å². The summed E-state index contributed by atoms with van der Waals surface area (Å²) in [4.78, 5) is 8.56. The summed E-state index contributed by atoms with van der Waals surface area (Å²) in [6.45, 7) is 3.07. The van der Waals surface area contributed by atoms with Crippen LogP contribution in [0.15, 0.2) is 54.6 Å². The summed E-state index contributed by atoms with van der Waals surface area (Å²) < 4.78 is 5.78. The molecule has 0 aliphatic heterocycles. The van der Waals surface area contributed by atoms with Crippen LogP contribution in [0.1, 0.15) is 39.0 Å². The molecule has 2 aromatic carbocycles. The van der Waals surface area contributed by atoms with Gasteiger partial charge in [0.05, 0.1) is 6.61 Å². The monoisotopic (exact) mass is 330 g/mol. The van der Waals surface area contributed by atoms with Gasteiger partial charge in [-0.3, -0.25) is 0 Å². The van der Waals surface area contributed by atoms with Crippen molar-refractivity contribution in [2.24, 2.45) is 0 Å². The van der Waals surface area contributed by atoms with Gasteiger partial charge in [0, 0.05) is 0 Å². The first kappa shape index (κ1) is 19.6. The molecule has 0 saturated carbocycles. The maximum atomic E-state index is 8.56. The van der Waals surface area contributed by atoms with Gasteiger partial charge in [0.2, 0.25) is 0 Å². The van der Waals surface area contributed by atoms with Gasteiger partial charge >= 0.3 is 6.16 Å². The van der Waals surface area contributed by atoms with Crippen LogP contribution in [0.3, 0.4) is 0 Å². The minimum absolute atomic E-state index is 0.828. The van der Waals surface area contributed by atoms with Crippen LogP contribution >= 0.6 is 0 Å². The number of carbonyl (C=O) groups is 1. The largest absolute Gasteiger partial charge is 0.503 e. The molecule has 0 saturated heterocycles. The highest BCUT2D eigenvalue weighted by atomic mass is 16.6. The van der Waals surface area contributed by atoms with E-state index in [4.69, 9.17) is 19.7 Å². The molecule has 4 nitrogen and oxygen atoms in total. The highest BCUT2D eigenvalue weighted by molar-refractivity contribution is 5.63. The first-order valence-electron chi connectivity index (χ1n) is 8.33. The molecule has 0 aliphatic rings. The number of unbranched alkanes of at least 4 members (excludes halogenated alkanes) is 4. The lowest BCUT2D eigenvalue weighted by molar-refractivity contribution is 0.137. The Kier molecular flexibility index (Phi) is 9.78. The Labute approximate surface area is 143 Å². The molecular weight excluding hydrogens is 304 g/mol. The molecule has 0 atom stereocenters. The van der Waals surface area contributed by atoms with Crippen LogP contribution in [-0.4, -0.2) is 23.0 Å². The fourth-order valence-corrected chi connectivity index (χ4v) is 2.27. The highest BCUT2D eigenvalue weighted by Crippen LogP contribution is 2.22. The minimum atomic E-state index is -1.83. The van der Waals surface area contributed by atoms with Gasteiger partial charge in [0.15, 0.2) is 0 Å². The zero-order valence-electron chi connectivity index (χ0n) is 14.1. The van der Waals surface area contributed by atoms with Crippen molar-refractivity contribution in [3.8, 4) is 16.9 Å². The lowest BCUT2D eigenvalue weighted by Crippen LogP contribution is -1.97. The number of hydrogen-bond acceptors (Lipinski definition) is 2. The molecule has 0 aliphatic carbocycles. The van der Waals surface area contributed by atoms with Crippen molar-refractivity contribution >= 4 is 6.16 Å². The van der Waals surface area contributed by atoms with E-state index in [-0.39, 0.29) is 0 Å². The van der Waals surface area contributed by atoms with Gasteiger partial charge in [0.1, 0.15) is 5.75 Å². The van der Waals surface area contributed by atoms with Crippen LogP contribution in [0.2, 0.25) is 0 Å². The number of ether oxygens (including phenoxy) is 1. The van der Waals surface area contributed by atoms with E-state index in [1.54, 1.807) is 0 Å². The van der Waals surface area contributed by atoms with E-state index < -0.39 is 6.16 Å². The van der Waals surface area contributed by atoms with E-state index in [9.17, 15) is 0 Å². The average molecular weight is 330 g/mol. The van der Waals surface area contributed by atoms with Gasteiger partial charge in [-0.25, -0.2) is 4.79 Å². The molecule has 130 valence electrons. The second kappa shape index (κ2) is 12.0. The van der Waals surface area contributed by atoms with Crippen LogP contribution in [0.4, 0.5) is 4.79 Å². The van der Waals surface area contributed by atoms with Crippen molar-refractivity contribution in [3.05, 3.63) is 54.6 Å². The molecule has 0 fully saturated rings. The number of hydrogen-bond donors (Lipinski definition) is 2. The number of rotatable bonds is 8. The lowest BCUT2D eigenvalue weighted by Gasteiger charge is -2.07. The maximum Gasteiger partial charge on any atom is 0.503 e. The van der Waals surface area contributed by atoms with Crippen molar-refractivity contribution in [2.75, 3.05) is 6.61 Å². The third kappa shape index (κ3) is 8.83. The van der Waals surface area contributed by atoms with Crippen LogP contribution in [-0.2, 0) is 0 Å².